The number of anilines is 1. The van der Waals surface area contributed by atoms with Crippen LogP contribution in [-0.2, 0) is 9.59 Å². The summed E-state index contributed by atoms with van der Waals surface area (Å²) in [4.78, 5) is 26.9. The van der Waals surface area contributed by atoms with Gasteiger partial charge in [0.2, 0.25) is 11.8 Å². The monoisotopic (exact) mass is 472 g/mol. The molecule has 0 saturated heterocycles. The zero-order valence-electron chi connectivity index (χ0n) is 16.5. The van der Waals surface area contributed by atoms with Crippen molar-refractivity contribution in [2.24, 2.45) is 10.2 Å². The zero-order chi connectivity index (χ0) is 21.7. The highest BCUT2D eigenvalue weighted by molar-refractivity contribution is 9.10. The molecule has 8 nitrogen and oxygen atoms in total. The van der Waals surface area contributed by atoms with E-state index >= 15 is 0 Å². The van der Waals surface area contributed by atoms with Crippen molar-refractivity contribution in [1.82, 2.24) is 4.98 Å². The van der Waals surface area contributed by atoms with E-state index in [1.807, 2.05) is 19.9 Å². The third kappa shape index (κ3) is 5.04. The minimum Gasteiger partial charge on any atom is -0.494 e. The lowest BCUT2D eigenvalue weighted by atomic mass is 10.1. The fourth-order valence-corrected chi connectivity index (χ4v) is 3.35. The van der Waals surface area contributed by atoms with Crippen molar-refractivity contribution in [3.8, 4) is 11.6 Å². The number of amides is 2. The number of benzene rings is 2. The summed E-state index contributed by atoms with van der Waals surface area (Å²) in [6, 6.07) is 10.7. The lowest BCUT2D eigenvalue weighted by molar-refractivity contribution is -0.122. The van der Waals surface area contributed by atoms with Crippen molar-refractivity contribution in [1.29, 1.82) is 0 Å². The standard InChI is InChI=1S/C21H21BrN4O4/c1-3-30-14-7-5-13(6-8-14)23-16(27)10-11-17(28)25-26-20-18-15(24-21(20)29)9-4-12(2)19(18)22/h4-9,24,29H,3,10-11H2,1-2H3,(H,23,27). The van der Waals surface area contributed by atoms with E-state index in [4.69, 9.17) is 4.74 Å². The van der Waals surface area contributed by atoms with Crippen LogP contribution in [0.5, 0.6) is 11.6 Å². The highest BCUT2D eigenvalue weighted by Crippen LogP contribution is 2.41. The molecule has 0 aliphatic carbocycles. The summed E-state index contributed by atoms with van der Waals surface area (Å²) in [5.74, 6) is -0.333. The Morgan fingerprint density at radius 2 is 1.90 bits per heavy atom. The SMILES string of the molecule is CCOc1ccc(NC(=O)CCC(=O)N=Nc2c(O)[nH]c3ccc(C)c(Br)c23)cc1. The maximum absolute atomic E-state index is 12.1. The molecule has 30 heavy (non-hydrogen) atoms. The van der Waals surface area contributed by atoms with Crippen LogP contribution in [0.1, 0.15) is 25.3 Å². The average molecular weight is 473 g/mol. The molecule has 3 aromatic rings. The molecule has 2 amide bonds. The predicted molar refractivity (Wildman–Crippen MR) is 117 cm³/mol. The molecular formula is C21H21BrN4O4. The molecule has 3 N–H and O–H groups in total. The molecule has 9 heteroatoms. The van der Waals surface area contributed by atoms with Crippen LogP contribution in [0.3, 0.4) is 0 Å². The van der Waals surface area contributed by atoms with Gasteiger partial charge in [-0.2, -0.15) is 0 Å². The van der Waals surface area contributed by atoms with Gasteiger partial charge in [0.05, 0.1) is 12.1 Å². The normalized spacial score (nSPS) is 11.2. The molecule has 0 aliphatic rings. The van der Waals surface area contributed by atoms with E-state index in [-0.39, 0.29) is 30.3 Å². The number of ether oxygens (including phenoxy) is 1. The Bertz CT molecular complexity index is 1110. The molecule has 0 aliphatic heterocycles. The Morgan fingerprint density at radius 1 is 1.17 bits per heavy atom. The van der Waals surface area contributed by atoms with Gasteiger partial charge in [0.25, 0.3) is 5.91 Å². The van der Waals surface area contributed by atoms with Gasteiger partial charge in [0.1, 0.15) is 5.75 Å². The number of aromatic amines is 1. The van der Waals surface area contributed by atoms with Gasteiger partial charge in [0, 0.05) is 28.4 Å². The fourth-order valence-electron chi connectivity index (χ4n) is 2.82. The van der Waals surface area contributed by atoms with E-state index in [2.05, 4.69) is 36.5 Å². The van der Waals surface area contributed by atoms with Crippen LogP contribution in [0.2, 0.25) is 0 Å². The van der Waals surface area contributed by atoms with Crippen LogP contribution in [0, 0.1) is 6.92 Å². The lowest BCUT2D eigenvalue weighted by Gasteiger charge is -2.06. The smallest absolute Gasteiger partial charge is 0.265 e. The number of hydrogen-bond acceptors (Lipinski definition) is 5. The molecule has 0 saturated carbocycles. The van der Waals surface area contributed by atoms with Crippen LogP contribution in [0.25, 0.3) is 10.9 Å². The number of aromatic hydroxyl groups is 1. The zero-order valence-corrected chi connectivity index (χ0v) is 18.1. The van der Waals surface area contributed by atoms with Gasteiger partial charge in [-0.25, -0.2) is 0 Å². The topological polar surface area (TPSA) is 116 Å². The van der Waals surface area contributed by atoms with E-state index in [9.17, 15) is 14.7 Å². The molecule has 156 valence electrons. The van der Waals surface area contributed by atoms with Crippen molar-refractivity contribution < 1.29 is 19.4 Å². The number of aromatic nitrogens is 1. The van der Waals surface area contributed by atoms with Gasteiger partial charge in [-0.3, -0.25) is 9.59 Å². The molecule has 0 fully saturated rings. The van der Waals surface area contributed by atoms with Crippen LogP contribution >= 0.6 is 15.9 Å². The van der Waals surface area contributed by atoms with Gasteiger partial charge in [-0.15, -0.1) is 10.2 Å². The maximum atomic E-state index is 12.1. The van der Waals surface area contributed by atoms with E-state index in [0.717, 1.165) is 10.0 Å². The third-order valence-corrected chi connectivity index (χ3v) is 5.35. The third-order valence-electron chi connectivity index (χ3n) is 4.33. The van der Waals surface area contributed by atoms with Crippen molar-refractivity contribution in [2.45, 2.75) is 26.7 Å². The predicted octanol–water partition coefficient (Wildman–Crippen LogP) is 5.37. The molecule has 1 aromatic heterocycles. The number of hydrogen-bond donors (Lipinski definition) is 3. The van der Waals surface area contributed by atoms with Crippen LogP contribution in [0.4, 0.5) is 11.4 Å². The van der Waals surface area contributed by atoms with Crippen LogP contribution < -0.4 is 10.1 Å². The molecule has 0 bridgehead atoms. The van der Waals surface area contributed by atoms with Crippen molar-refractivity contribution in [2.75, 3.05) is 11.9 Å². The number of carbonyl (C=O) groups excluding carboxylic acids is 2. The summed E-state index contributed by atoms with van der Waals surface area (Å²) < 4.78 is 6.11. The minimum atomic E-state index is -0.561. The molecule has 1 heterocycles. The Kier molecular flexibility index (Phi) is 6.83. The largest absolute Gasteiger partial charge is 0.494 e. The number of carbonyl (C=O) groups is 2. The number of azo groups is 1. The van der Waals surface area contributed by atoms with E-state index in [1.54, 1.807) is 30.3 Å². The molecule has 0 unspecified atom stereocenters. The van der Waals surface area contributed by atoms with E-state index in [1.165, 1.54) is 0 Å². The van der Waals surface area contributed by atoms with Gasteiger partial charge >= 0.3 is 0 Å². The number of H-pyrrole nitrogens is 1. The first-order valence-electron chi connectivity index (χ1n) is 9.36. The van der Waals surface area contributed by atoms with Gasteiger partial charge in [-0.05, 0) is 65.7 Å². The maximum Gasteiger partial charge on any atom is 0.265 e. The second-order valence-electron chi connectivity index (χ2n) is 6.54. The van der Waals surface area contributed by atoms with Gasteiger partial charge < -0.3 is 20.1 Å². The average Bonchev–Trinajstić information content (AvgIpc) is 3.05. The molecular weight excluding hydrogens is 452 g/mol. The number of nitrogens with one attached hydrogen (secondary N) is 2. The number of halogens is 1. The first-order valence-corrected chi connectivity index (χ1v) is 10.2. The van der Waals surface area contributed by atoms with Crippen LogP contribution in [0.15, 0.2) is 51.1 Å². The second kappa shape index (κ2) is 9.53. The van der Waals surface area contributed by atoms with E-state index in [0.29, 0.717) is 28.9 Å². The quantitative estimate of drug-likeness (QED) is 0.400. The number of nitrogens with zero attached hydrogens (tertiary/aromatic N) is 2. The number of fused-ring (bicyclic) bond motifs is 1. The minimum absolute atomic E-state index is 0.0340. The van der Waals surface area contributed by atoms with Crippen LogP contribution in [-0.4, -0.2) is 28.5 Å². The fraction of sp³-hybridized carbons (Fsp3) is 0.238. The highest BCUT2D eigenvalue weighted by atomic mass is 79.9. The summed E-state index contributed by atoms with van der Waals surface area (Å²) in [7, 11) is 0. The summed E-state index contributed by atoms with van der Waals surface area (Å²) in [5.41, 5.74) is 2.41. The number of rotatable bonds is 7. The van der Waals surface area contributed by atoms with E-state index < -0.39 is 5.91 Å². The van der Waals surface area contributed by atoms with Crippen molar-refractivity contribution in [3.63, 3.8) is 0 Å². The molecule has 0 atom stereocenters. The molecule has 2 aromatic carbocycles. The lowest BCUT2D eigenvalue weighted by Crippen LogP contribution is -2.12. The Labute approximate surface area is 181 Å². The second-order valence-corrected chi connectivity index (χ2v) is 7.33. The summed E-state index contributed by atoms with van der Waals surface area (Å²) in [5, 5.41) is 21.0. The summed E-state index contributed by atoms with van der Waals surface area (Å²) >= 11 is 3.47. The van der Waals surface area contributed by atoms with Crippen molar-refractivity contribution in [3.05, 3.63) is 46.4 Å². The van der Waals surface area contributed by atoms with Gasteiger partial charge in [0.15, 0.2) is 5.69 Å². The Balaban J connectivity index is 1.59. The summed E-state index contributed by atoms with van der Waals surface area (Å²) in [6.45, 7) is 4.36. The highest BCUT2D eigenvalue weighted by Gasteiger charge is 2.15. The summed E-state index contributed by atoms with van der Waals surface area (Å²) in [6.07, 6.45) is -0.136. The molecule has 3 rings (SSSR count). The number of aryl methyl sites for hydroxylation is 1. The first-order chi connectivity index (χ1) is 14.4. The van der Waals surface area contributed by atoms with Crippen molar-refractivity contribution >= 4 is 50.0 Å². The molecule has 0 spiro atoms. The Hall–Kier alpha value is -3.20. The first kappa shape index (κ1) is 21.5. The molecule has 0 radical (unpaired) electrons. The van der Waals surface area contributed by atoms with Gasteiger partial charge in [-0.1, -0.05) is 6.07 Å². The Morgan fingerprint density at radius 3 is 2.60 bits per heavy atom.